The lowest BCUT2D eigenvalue weighted by atomic mass is 10.2. The van der Waals surface area contributed by atoms with Gasteiger partial charge in [0.15, 0.2) is 15.2 Å². The summed E-state index contributed by atoms with van der Waals surface area (Å²) in [5, 5.41) is 3.80. The standard InChI is InChI=1S/C12H10BrClN2O2S/c1-6-3-7(13)5-8(4-6)15-12-16-10(14)9(19-12)11(17)18-2/h3-5H,1-2H3,(H,15,16). The molecule has 2 rings (SSSR count). The SMILES string of the molecule is COC(=O)c1sc(Nc2cc(C)cc(Br)c2)nc1Cl. The fraction of sp³-hybridized carbons (Fsp3) is 0.167. The number of benzene rings is 1. The van der Waals surface area contributed by atoms with Crippen LogP contribution in [0.2, 0.25) is 5.15 Å². The molecule has 1 aromatic heterocycles. The van der Waals surface area contributed by atoms with E-state index >= 15 is 0 Å². The van der Waals surface area contributed by atoms with Crippen LogP contribution in [-0.2, 0) is 4.74 Å². The largest absolute Gasteiger partial charge is 0.465 e. The van der Waals surface area contributed by atoms with Gasteiger partial charge in [-0.2, -0.15) is 0 Å². The molecule has 0 bridgehead atoms. The summed E-state index contributed by atoms with van der Waals surface area (Å²) >= 11 is 10.5. The number of carbonyl (C=O) groups excluding carboxylic acids is 1. The summed E-state index contributed by atoms with van der Waals surface area (Å²) < 4.78 is 5.59. The van der Waals surface area contributed by atoms with E-state index in [2.05, 4.69) is 31.0 Å². The fourth-order valence-electron chi connectivity index (χ4n) is 1.51. The molecule has 0 aliphatic heterocycles. The van der Waals surface area contributed by atoms with Crippen molar-refractivity contribution in [1.82, 2.24) is 4.98 Å². The topological polar surface area (TPSA) is 51.2 Å². The summed E-state index contributed by atoms with van der Waals surface area (Å²) in [7, 11) is 1.31. The molecule has 0 amide bonds. The van der Waals surface area contributed by atoms with Gasteiger partial charge in [-0.25, -0.2) is 9.78 Å². The van der Waals surface area contributed by atoms with Crippen molar-refractivity contribution in [3.05, 3.63) is 38.3 Å². The van der Waals surface area contributed by atoms with Crippen LogP contribution < -0.4 is 5.32 Å². The average Bonchev–Trinajstić information content (AvgIpc) is 2.68. The van der Waals surface area contributed by atoms with E-state index in [1.54, 1.807) is 0 Å². The van der Waals surface area contributed by atoms with Crippen molar-refractivity contribution in [3.63, 3.8) is 0 Å². The molecule has 0 saturated heterocycles. The first kappa shape index (κ1) is 14.3. The Labute approximate surface area is 127 Å². The molecular formula is C12H10BrClN2O2S. The van der Waals surface area contributed by atoms with E-state index in [0.717, 1.165) is 27.1 Å². The minimum Gasteiger partial charge on any atom is -0.465 e. The molecule has 100 valence electrons. The van der Waals surface area contributed by atoms with E-state index < -0.39 is 5.97 Å². The van der Waals surface area contributed by atoms with E-state index in [1.165, 1.54) is 7.11 Å². The number of hydrogen-bond acceptors (Lipinski definition) is 5. The van der Waals surface area contributed by atoms with Crippen molar-refractivity contribution in [2.45, 2.75) is 6.92 Å². The molecule has 2 aromatic rings. The van der Waals surface area contributed by atoms with Crippen LogP contribution in [0.3, 0.4) is 0 Å². The van der Waals surface area contributed by atoms with Gasteiger partial charge in [-0.1, -0.05) is 38.9 Å². The average molecular weight is 362 g/mol. The molecule has 0 aliphatic carbocycles. The van der Waals surface area contributed by atoms with E-state index in [-0.39, 0.29) is 5.15 Å². The quantitative estimate of drug-likeness (QED) is 0.823. The maximum atomic E-state index is 11.4. The number of aryl methyl sites for hydroxylation is 1. The third-order valence-electron chi connectivity index (χ3n) is 2.25. The number of hydrogen-bond donors (Lipinski definition) is 1. The molecule has 4 nitrogen and oxygen atoms in total. The maximum absolute atomic E-state index is 11.4. The predicted molar refractivity (Wildman–Crippen MR) is 80.6 cm³/mol. The van der Waals surface area contributed by atoms with Crippen LogP contribution in [0.1, 0.15) is 15.2 Å². The van der Waals surface area contributed by atoms with Gasteiger partial charge in [0.2, 0.25) is 0 Å². The first-order chi connectivity index (χ1) is 8.99. The Kier molecular flexibility index (Phi) is 4.44. The molecule has 0 radical (unpaired) electrons. The van der Waals surface area contributed by atoms with Gasteiger partial charge in [-0.05, 0) is 30.7 Å². The van der Waals surface area contributed by atoms with Gasteiger partial charge in [0.1, 0.15) is 0 Å². The van der Waals surface area contributed by atoms with Crippen molar-refractivity contribution >= 4 is 55.7 Å². The van der Waals surface area contributed by atoms with Crippen LogP contribution in [0.4, 0.5) is 10.8 Å². The number of thiazole rings is 1. The Balaban J connectivity index is 2.26. The lowest BCUT2D eigenvalue weighted by molar-refractivity contribution is 0.0606. The highest BCUT2D eigenvalue weighted by atomic mass is 79.9. The van der Waals surface area contributed by atoms with Crippen molar-refractivity contribution < 1.29 is 9.53 Å². The molecule has 19 heavy (non-hydrogen) atoms. The Morgan fingerprint density at radius 1 is 1.47 bits per heavy atom. The molecule has 0 spiro atoms. The summed E-state index contributed by atoms with van der Waals surface area (Å²) in [4.78, 5) is 15.8. The lowest BCUT2D eigenvalue weighted by Crippen LogP contribution is -1.98. The van der Waals surface area contributed by atoms with Gasteiger partial charge in [0.05, 0.1) is 7.11 Å². The zero-order valence-corrected chi connectivity index (χ0v) is 13.3. The molecular weight excluding hydrogens is 352 g/mol. The number of aromatic nitrogens is 1. The lowest BCUT2D eigenvalue weighted by Gasteiger charge is -2.04. The monoisotopic (exact) mass is 360 g/mol. The van der Waals surface area contributed by atoms with Crippen LogP contribution in [0, 0.1) is 6.92 Å². The molecule has 7 heteroatoms. The molecule has 1 N–H and O–H groups in total. The number of methoxy groups -OCH3 is 1. The number of esters is 1. The van der Waals surface area contributed by atoms with E-state index in [4.69, 9.17) is 11.6 Å². The van der Waals surface area contributed by atoms with E-state index in [0.29, 0.717) is 10.0 Å². The molecule has 1 heterocycles. The first-order valence-corrected chi connectivity index (χ1v) is 7.27. The fourth-order valence-corrected chi connectivity index (χ4v) is 3.24. The zero-order chi connectivity index (χ0) is 14.0. The van der Waals surface area contributed by atoms with Crippen LogP contribution >= 0.6 is 38.9 Å². The summed E-state index contributed by atoms with van der Waals surface area (Å²) in [6.45, 7) is 1.99. The van der Waals surface area contributed by atoms with Crippen LogP contribution in [0.15, 0.2) is 22.7 Å². The predicted octanol–water partition coefficient (Wildman–Crippen LogP) is 4.40. The molecule has 0 unspecified atom stereocenters. The number of halogens is 2. The number of carbonyl (C=O) groups is 1. The van der Waals surface area contributed by atoms with Gasteiger partial charge in [0.25, 0.3) is 0 Å². The highest BCUT2D eigenvalue weighted by Gasteiger charge is 2.17. The first-order valence-electron chi connectivity index (χ1n) is 5.28. The third kappa shape index (κ3) is 3.46. The number of anilines is 2. The molecule has 0 aliphatic rings. The molecule has 0 atom stereocenters. The highest BCUT2D eigenvalue weighted by molar-refractivity contribution is 9.10. The van der Waals surface area contributed by atoms with Gasteiger partial charge in [-0.15, -0.1) is 0 Å². The van der Waals surface area contributed by atoms with E-state index in [9.17, 15) is 4.79 Å². The van der Waals surface area contributed by atoms with Gasteiger partial charge in [0, 0.05) is 10.2 Å². The molecule has 0 saturated carbocycles. The maximum Gasteiger partial charge on any atom is 0.351 e. The molecule has 1 aromatic carbocycles. The number of nitrogens with zero attached hydrogens (tertiary/aromatic N) is 1. The second kappa shape index (κ2) is 5.90. The number of rotatable bonds is 3. The van der Waals surface area contributed by atoms with E-state index in [1.807, 2.05) is 25.1 Å². The van der Waals surface area contributed by atoms with Crippen molar-refractivity contribution in [2.24, 2.45) is 0 Å². The third-order valence-corrected chi connectivity index (χ3v) is 4.04. The Hall–Kier alpha value is -1.11. The van der Waals surface area contributed by atoms with Crippen molar-refractivity contribution in [1.29, 1.82) is 0 Å². The normalized spacial score (nSPS) is 10.3. The minimum absolute atomic E-state index is 0.145. The van der Waals surface area contributed by atoms with Gasteiger partial charge in [-0.3, -0.25) is 0 Å². The second-order valence-corrected chi connectivity index (χ2v) is 6.05. The zero-order valence-electron chi connectivity index (χ0n) is 10.2. The number of ether oxygens (including phenoxy) is 1. The summed E-state index contributed by atoms with van der Waals surface area (Å²) in [5.41, 5.74) is 1.97. The smallest absolute Gasteiger partial charge is 0.351 e. The Bertz CT molecular complexity index is 610. The second-order valence-electron chi connectivity index (χ2n) is 3.77. The summed E-state index contributed by atoms with van der Waals surface area (Å²) in [6.07, 6.45) is 0. The molecule has 0 fully saturated rings. The minimum atomic E-state index is -0.485. The summed E-state index contributed by atoms with van der Waals surface area (Å²) in [6, 6.07) is 5.89. The van der Waals surface area contributed by atoms with Crippen LogP contribution in [-0.4, -0.2) is 18.1 Å². The van der Waals surface area contributed by atoms with Crippen molar-refractivity contribution in [2.75, 3.05) is 12.4 Å². The number of nitrogens with one attached hydrogen (secondary N) is 1. The van der Waals surface area contributed by atoms with Gasteiger partial charge < -0.3 is 10.1 Å². The Morgan fingerprint density at radius 3 is 2.84 bits per heavy atom. The van der Waals surface area contributed by atoms with Crippen LogP contribution in [0.5, 0.6) is 0 Å². The van der Waals surface area contributed by atoms with Gasteiger partial charge >= 0.3 is 5.97 Å². The van der Waals surface area contributed by atoms with Crippen LogP contribution in [0.25, 0.3) is 0 Å². The highest BCUT2D eigenvalue weighted by Crippen LogP contribution is 2.30. The van der Waals surface area contributed by atoms with Crippen molar-refractivity contribution in [3.8, 4) is 0 Å². The summed E-state index contributed by atoms with van der Waals surface area (Å²) in [5.74, 6) is -0.485. The Morgan fingerprint density at radius 2 is 2.21 bits per heavy atom.